The lowest BCUT2D eigenvalue weighted by Crippen LogP contribution is -1.98. The fourth-order valence-electron chi connectivity index (χ4n) is 3.24. The van der Waals surface area contributed by atoms with Gasteiger partial charge in [0.15, 0.2) is 0 Å². The Balaban J connectivity index is 1.81. The summed E-state index contributed by atoms with van der Waals surface area (Å²) in [6.45, 7) is 0.717. The molecule has 0 saturated heterocycles. The summed E-state index contributed by atoms with van der Waals surface area (Å²) in [5.41, 5.74) is 3.50. The third-order valence-electron chi connectivity index (χ3n) is 4.42. The molecule has 0 bridgehead atoms. The van der Waals surface area contributed by atoms with E-state index in [-0.39, 0.29) is 10.6 Å². The molecule has 0 fully saturated rings. The average Bonchev–Trinajstić information content (AvgIpc) is 3.06. The lowest BCUT2D eigenvalue weighted by molar-refractivity contribution is -0.384. The molecule has 4 aromatic rings. The van der Waals surface area contributed by atoms with Crippen LogP contribution in [-0.2, 0) is 6.54 Å². The highest BCUT2D eigenvalue weighted by Crippen LogP contribution is 2.35. The molecule has 128 valence electrons. The van der Waals surface area contributed by atoms with E-state index in [4.69, 9.17) is 11.6 Å². The molecule has 5 heteroatoms. The monoisotopic (exact) mass is 362 g/mol. The average molecular weight is 363 g/mol. The van der Waals surface area contributed by atoms with Crippen molar-refractivity contribution in [1.82, 2.24) is 4.57 Å². The summed E-state index contributed by atoms with van der Waals surface area (Å²) in [5, 5.41) is 12.9. The van der Waals surface area contributed by atoms with Crippen LogP contribution < -0.4 is 0 Å². The maximum atomic E-state index is 11.3. The molecular formula is C21H15ClN2O2. The molecule has 1 aromatic heterocycles. The van der Waals surface area contributed by atoms with Crippen molar-refractivity contribution >= 4 is 28.2 Å². The predicted molar refractivity (Wildman–Crippen MR) is 105 cm³/mol. The standard InChI is InChI=1S/C21H15ClN2O2/c22-19-13-17(18-8-4-5-9-20(18)24(25)26)12-16-10-11-23(21(16)19)14-15-6-2-1-3-7-15/h1-13H,14H2. The van der Waals surface area contributed by atoms with Crippen molar-refractivity contribution in [2.45, 2.75) is 6.54 Å². The molecule has 0 unspecified atom stereocenters. The Hall–Kier alpha value is -3.11. The van der Waals surface area contributed by atoms with Gasteiger partial charge in [-0.2, -0.15) is 0 Å². The van der Waals surface area contributed by atoms with Gasteiger partial charge in [-0.3, -0.25) is 10.1 Å². The van der Waals surface area contributed by atoms with E-state index in [1.54, 1.807) is 24.3 Å². The maximum Gasteiger partial charge on any atom is 0.277 e. The summed E-state index contributed by atoms with van der Waals surface area (Å²) in [5.74, 6) is 0. The van der Waals surface area contributed by atoms with Crippen LogP contribution in [0, 0.1) is 10.1 Å². The van der Waals surface area contributed by atoms with Crippen molar-refractivity contribution in [3.05, 3.63) is 99.7 Å². The van der Waals surface area contributed by atoms with E-state index in [0.29, 0.717) is 10.6 Å². The van der Waals surface area contributed by atoms with Crippen LogP contribution in [0.3, 0.4) is 0 Å². The summed E-state index contributed by atoms with van der Waals surface area (Å²) in [4.78, 5) is 11.0. The Bertz CT molecular complexity index is 1100. The van der Waals surface area contributed by atoms with E-state index in [2.05, 4.69) is 16.7 Å². The number of hydrogen-bond donors (Lipinski definition) is 0. The highest BCUT2D eigenvalue weighted by Gasteiger charge is 2.16. The zero-order valence-corrected chi connectivity index (χ0v) is 14.6. The second-order valence-corrected chi connectivity index (χ2v) is 6.51. The summed E-state index contributed by atoms with van der Waals surface area (Å²) in [7, 11) is 0. The first-order valence-electron chi connectivity index (χ1n) is 8.19. The van der Waals surface area contributed by atoms with E-state index in [1.165, 1.54) is 11.6 Å². The molecule has 0 aliphatic rings. The SMILES string of the molecule is O=[N+]([O-])c1ccccc1-c1cc(Cl)c2c(ccn2Cc2ccccc2)c1. The number of benzene rings is 3. The van der Waals surface area contributed by atoms with Gasteiger partial charge in [-0.25, -0.2) is 0 Å². The van der Waals surface area contributed by atoms with Crippen LogP contribution in [0.15, 0.2) is 79.0 Å². The number of aromatic nitrogens is 1. The second kappa shape index (κ2) is 6.65. The third kappa shape index (κ3) is 2.95. The lowest BCUT2D eigenvalue weighted by Gasteiger charge is -2.09. The molecule has 0 saturated carbocycles. The molecular weight excluding hydrogens is 348 g/mol. The van der Waals surface area contributed by atoms with Crippen molar-refractivity contribution < 1.29 is 4.92 Å². The van der Waals surface area contributed by atoms with E-state index < -0.39 is 0 Å². The minimum absolute atomic E-state index is 0.0756. The molecule has 26 heavy (non-hydrogen) atoms. The maximum absolute atomic E-state index is 11.3. The Morgan fingerprint density at radius 1 is 0.962 bits per heavy atom. The topological polar surface area (TPSA) is 48.1 Å². The van der Waals surface area contributed by atoms with Gasteiger partial charge in [0.2, 0.25) is 0 Å². The Morgan fingerprint density at radius 2 is 1.69 bits per heavy atom. The van der Waals surface area contributed by atoms with Crippen LogP contribution >= 0.6 is 11.6 Å². The Labute approximate surface area is 155 Å². The van der Waals surface area contributed by atoms with E-state index in [1.807, 2.05) is 36.5 Å². The van der Waals surface area contributed by atoms with Crippen LogP contribution in [0.4, 0.5) is 5.69 Å². The third-order valence-corrected chi connectivity index (χ3v) is 4.71. The van der Waals surface area contributed by atoms with Gasteiger partial charge in [0.1, 0.15) is 0 Å². The number of rotatable bonds is 4. The summed E-state index contributed by atoms with van der Waals surface area (Å²) < 4.78 is 2.09. The molecule has 0 amide bonds. The number of nitro groups is 1. The number of halogens is 1. The van der Waals surface area contributed by atoms with Gasteiger partial charge in [-0.1, -0.05) is 54.1 Å². The number of fused-ring (bicyclic) bond motifs is 1. The van der Waals surface area contributed by atoms with Crippen molar-refractivity contribution in [2.75, 3.05) is 0 Å². The Morgan fingerprint density at radius 3 is 2.46 bits per heavy atom. The molecule has 0 aliphatic heterocycles. The largest absolute Gasteiger partial charge is 0.342 e. The molecule has 3 aromatic carbocycles. The van der Waals surface area contributed by atoms with E-state index in [9.17, 15) is 10.1 Å². The minimum atomic E-state index is -0.367. The molecule has 0 N–H and O–H groups in total. The second-order valence-electron chi connectivity index (χ2n) is 6.10. The molecule has 1 heterocycles. The van der Waals surface area contributed by atoms with Crippen LogP contribution in [0.2, 0.25) is 5.02 Å². The molecule has 4 rings (SSSR count). The number of nitro benzene ring substituents is 1. The molecule has 0 atom stereocenters. The lowest BCUT2D eigenvalue weighted by atomic mass is 10.0. The minimum Gasteiger partial charge on any atom is -0.342 e. The molecule has 0 aliphatic carbocycles. The number of hydrogen-bond acceptors (Lipinski definition) is 2. The predicted octanol–water partition coefficient (Wildman–Crippen LogP) is 5.92. The number of para-hydroxylation sites is 1. The van der Waals surface area contributed by atoms with Crippen LogP contribution in [0.1, 0.15) is 5.56 Å². The molecule has 4 nitrogen and oxygen atoms in total. The first-order chi connectivity index (χ1) is 12.6. The summed E-state index contributed by atoms with van der Waals surface area (Å²) >= 11 is 6.57. The first-order valence-corrected chi connectivity index (χ1v) is 8.57. The van der Waals surface area contributed by atoms with Gasteiger partial charge in [0.05, 0.1) is 21.0 Å². The molecule has 0 radical (unpaired) electrons. The zero-order chi connectivity index (χ0) is 18.1. The van der Waals surface area contributed by atoms with E-state index >= 15 is 0 Å². The fourth-order valence-corrected chi connectivity index (χ4v) is 3.57. The van der Waals surface area contributed by atoms with Crippen LogP contribution in [0.25, 0.3) is 22.0 Å². The fraction of sp³-hybridized carbons (Fsp3) is 0.0476. The van der Waals surface area contributed by atoms with Crippen molar-refractivity contribution in [1.29, 1.82) is 0 Å². The quantitative estimate of drug-likeness (QED) is 0.334. The van der Waals surface area contributed by atoms with Gasteiger partial charge >= 0.3 is 0 Å². The van der Waals surface area contributed by atoms with Crippen LogP contribution in [-0.4, -0.2) is 9.49 Å². The normalized spacial score (nSPS) is 11.0. The highest BCUT2D eigenvalue weighted by atomic mass is 35.5. The van der Waals surface area contributed by atoms with E-state index in [0.717, 1.165) is 23.0 Å². The van der Waals surface area contributed by atoms with Gasteiger partial charge in [-0.05, 0) is 35.4 Å². The summed E-state index contributed by atoms with van der Waals surface area (Å²) in [6, 6.07) is 22.6. The van der Waals surface area contributed by atoms with Crippen molar-refractivity contribution in [3.63, 3.8) is 0 Å². The van der Waals surface area contributed by atoms with Gasteiger partial charge in [0, 0.05) is 24.2 Å². The number of nitrogens with zero attached hydrogens (tertiary/aromatic N) is 2. The smallest absolute Gasteiger partial charge is 0.277 e. The molecule has 0 spiro atoms. The summed E-state index contributed by atoms with van der Waals surface area (Å²) in [6.07, 6.45) is 1.99. The highest BCUT2D eigenvalue weighted by molar-refractivity contribution is 6.35. The van der Waals surface area contributed by atoms with Gasteiger partial charge in [0.25, 0.3) is 5.69 Å². The van der Waals surface area contributed by atoms with Crippen molar-refractivity contribution in [2.24, 2.45) is 0 Å². The van der Waals surface area contributed by atoms with Gasteiger partial charge in [-0.15, -0.1) is 0 Å². The first kappa shape index (κ1) is 16.4. The Kier molecular flexibility index (Phi) is 4.19. The van der Waals surface area contributed by atoms with Crippen molar-refractivity contribution in [3.8, 4) is 11.1 Å². The van der Waals surface area contributed by atoms with Gasteiger partial charge < -0.3 is 4.57 Å². The zero-order valence-electron chi connectivity index (χ0n) is 13.8. The van der Waals surface area contributed by atoms with Crippen LogP contribution in [0.5, 0.6) is 0 Å².